The van der Waals surface area contributed by atoms with Crippen LogP contribution in [0.15, 0.2) is 76.1 Å². The number of benzene rings is 3. The lowest BCUT2D eigenvalue weighted by Gasteiger charge is -2.22. The zero-order chi connectivity index (χ0) is 22.6. The van der Waals surface area contributed by atoms with E-state index in [9.17, 15) is 13.2 Å². The standard InChI is InChI=1S/C22H19BrCl2N2O3S/c1-15-3-2-4-19(11-15)26-22(28)14-27(13-16-5-8-18(24)12-21(16)25)31(29,30)20-9-6-17(23)7-10-20/h2-12H,13-14H2,1H3,(H,26,28). The first-order valence-electron chi connectivity index (χ1n) is 9.21. The number of nitrogens with zero attached hydrogens (tertiary/aromatic N) is 1. The van der Waals surface area contributed by atoms with E-state index in [1.807, 2.05) is 25.1 Å². The van der Waals surface area contributed by atoms with Gasteiger partial charge in [0.2, 0.25) is 15.9 Å². The maximum absolute atomic E-state index is 13.3. The Kier molecular flexibility index (Phi) is 7.78. The molecule has 0 heterocycles. The summed E-state index contributed by atoms with van der Waals surface area (Å²) in [6.07, 6.45) is 0. The molecule has 3 aromatic rings. The summed E-state index contributed by atoms with van der Waals surface area (Å²) in [6.45, 7) is 1.43. The molecule has 1 N–H and O–H groups in total. The Balaban J connectivity index is 1.91. The van der Waals surface area contributed by atoms with Crippen molar-refractivity contribution in [3.05, 3.63) is 92.4 Å². The minimum Gasteiger partial charge on any atom is -0.325 e. The van der Waals surface area contributed by atoms with E-state index in [4.69, 9.17) is 23.2 Å². The smallest absolute Gasteiger partial charge is 0.243 e. The highest BCUT2D eigenvalue weighted by Crippen LogP contribution is 2.26. The Bertz CT molecular complexity index is 1200. The second-order valence-corrected chi connectivity index (χ2v) is 10.6. The van der Waals surface area contributed by atoms with Gasteiger partial charge in [0.15, 0.2) is 0 Å². The van der Waals surface area contributed by atoms with E-state index in [0.29, 0.717) is 21.3 Å². The van der Waals surface area contributed by atoms with Crippen LogP contribution < -0.4 is 5.32 Å². The summed E-state index contributed by atoms with van der Waals surface area (Å²) in [4.78, 5) is 12.8. The molecular weight excluding hydrogens is 523 g/mol. The van der Waals surface area contributed by atoms with Gasteiger partial charge in [0.25, 0.3) is 0 Å². The predicted octanol–water partition coefficient (Wildman–Crippen LogP) is 5.89. The first-order valence-corrected chi connectivity index (χ1v) is 12.2. The Morgan fingerprint density at radius 3 is 2.39 bits per heavy atom. The molecule has 1 amide bonds. The number of nitrogens with one attached hydrogen (secondary N) is 1. The average molecular weight is 542 g/mol. The number of rotatable bonds is 7. The van der Waals surface area contributed by atoms with Crippen LogP contribution in [0.3, 0.4) is 0 Å². The van der Waals surface area contributed by atoms with Crippen molar-refractivity contribution in [1.29, 1.82) is 0 Å². The van der Waals surface area contributed by atoms with Gasteiger partial charge in [-0.25, -0.2) is 8.42 Å². The monoisotopic (exact) mass is 540 g/mol. The van der Waals surface area contributed by atoms with Crippen molar-refractivity contribution >= 4 is 60.7 Å². The van der Waals surface area contributed by atoms with E-state index in [1.165, 1.54) is 18.2 Å². The fraction of sp³-hybridized carbons (Fsp3) is 0.136. The van der Waals surface area contributed by atoms with E-state index < -0.39 is 15.9 Å². The molecule has 162 valence electrons. The van der Waals surface area contributed by atoms with Gasteiger partial charge in [-0.15, -0.1) is 0 Å². The highest BCUT2D eigenvalue weighted by Gasteiger charge is 2.27. The lowest BCUT2D eigenvalue weighted by Crippen LogP contribution is -2.37. The van der Waals surface area contributed by atoms with Crippen LogP contribution in [0.4, 0.5) is 5.69 Å². The third kappa shape index (κ3) is 6.30. The second kappa shape index (κ2) is 10.1. The molecule has 0 unspecified atom stereocenters. The Labute approximate surface area is 200 Å². The van der Waals surface area contributed by atoms with Crippen LogP contribution in [-0.2, 0) is 21.4 Å². The topological polar surface area (TPSA) is 66.5 Å². The lowest BCUT2D eigenvalue weighted by atomic mass is 10.2. The van der Waals surface area contributed by atoms with Crippen molar-refractivity contribution < 1.29 is 13.2 Å². The number of carbonyl (C=O) groups is 1. The van der Waals surface area contributed by atoms with Gasteiger partial charge in [0.05, 0.1) is 11.4 Å². The highest BCUT2D eigenvalue weighted by atomic mass is 79.9. The van der Waals surface area contributed by atoms with Gasteiger partial charge in [-0.2, -0.15) is 4.31 Å². The normalized spacial score (nSPS) is 11.5. The SMILES string of the molecule is Cc1cccc(NC(=O)CN(Cc2ccc(Cl)cc2Cl)S(=O)(=O)c2ccc(Br)cc2)c1. The number of anilines is 1. The third-order valence-corrected chi connectivity index (χ3v) is 7.36. The zero-order valence-electron chi connectivity index (χ0n) is 16.5. The molecule has 3 aromatic carbocycles. The molecule has 0 radical (unpaired) electrons. The molecule has 31 heavy (non-hydrogen) atoms. The van der Waals surface area contributed by atoms with Gasteiger partial charge in [-0.3, -0.25) is 4.79 Å². The molecule has 3 rings (SSSR count). The van der Waals surface area contributed by atoms with Crippen LogP contribution >= 0.6 is 39.1 Å². The molecule has 0 aliphatic rings. The third-order valence-electron chi connectivity index (χ3n) is 4.44. The molecule has 0 aromatic heterocycles. The number of hydrogen-bond acceptors (Lipinski definition) is 3. The van der Waals surface area contributed by atoms with Gasteiger partial charge in [-0.05, 0) is 66.6 Å². The van der Waals surface area contributed by atoms with Crippen molar-refractivity contribution in [2.24, 2.45) is 0 Å². The van der Waals surface area contributed by atoms with Crippen molar-refractivity contribution in [3.63, 3.8) is 0 Å². The van der Waals surface area contributed by atoms with E-state index in [-0.39, 0.29) is 18.0 Å². The van der Waals surface area contributed by atoms with Crippen molar-refractivity contribution in [2.45, 2.75) is 18.4 Å². The van der Waals surface area contributed by atoms with Crippen LogP contribution in [0, 0.1) is 6.92 Å². The van der Waals surface area contributed by atoms with Crippen LogP contribution in [0.5, 0.6) is 0 Å². The second-order valence-electron chi connectivity index (χ2n) is 6.88. The van der Waals surface area contributed by atoms with Crippen LogP contribution in [-0.4, -0.2) is 25.2 Å². The van der Waals surface area contributed by atoms with Gasteiger partial charge in [0, 0.05) is 26.8 Å². The molecule has 0 saturated heterocycles. The summed E-state index contributed by atoms with van der Waals surface area (Å²) < 4.78 is 28.5. The Morgan fingerprint density at radius 1 is 1.03 bits per heavy atom. The van der Waals surface area contributed by atoms with Crippen molar-refractivity contribution in [2.75, 3.05) is 11.9 Å². The number of halogens is 3. The van der Waals surface area contributed by atoms with Gasteiger partial charge in [0.1, 0.15) is 0 Å². The first kappa shape index (κ1) is 23.8. The first-order chi connectivity index (χ1) is 14.6. The molecule has 9 heteroatoms. The Morgan fingerprint density at radius 2 is 1.74 bits per heavy atom. The number of sulfonamides is 1. The number of aryl methyl sites for hydroxylation is 1. The molecule has 5 nitrogen and oxygen atoms in total. The van der Waals surface area contributed by atoms with E-state index in [0.717, 1.165) is 14.3 Å². The largest absolute Gasteiger partial charge is 0.325 e. The van der Waals surface area contributed by atoms with Crippen molar-refractivity contribution in [3.8, 4) is 0 Å². The average Bonchev–Trinajstić information content (AvgIpc) is 2.69. The molecule has 0 fully saturated rings. The van der Waals surface area contributed by atoms with Gasteiger partial charge >= 0.3 is 0 Å². The maximum atomic E-state index is 13.3. The predicted molar refractivity (Wildman–Crippen MR) is 128 cm³/mol. The zero-order valence-corrected chi connectivity index (χ0v) is 20.4. The fourth-order valence-electron chi connectivity index (χ4n) is 2.90. The van der Waals surface area contributed by atoms with Gasteiger partial charge in [-0.1, -0.05) is 57.3 Å². The maximum Gasteiger partial charge on any atom is 0.243 e. The minimum atomic E-state index is -3.98. The van der Waals surface area contributed by atoms with E-state index >= 15 is 0 Å². The number of carbonyl (C=O) groups excluding carboxylic acids is 1. The molecule has 0 spiro atoms. The number of hydrogen-bond donors (Lipinski definition) is 1. The van der Waals surface area contributed by atoms with Crippen LogP contribution in [0.2, 0.25) is 10.0 Å². The van der Waals surface area contributed by atoms with Crippen molar-refractivity contribution in [1.82, 2.24) is 4.31 Å². The quantitative estimate of drug-likeness (QED) is 0.405. The molecule has 0 saturated carbocycles. The molecule has 0 atom stereocenters. The van der Waals surface area contributed by atoms with E-state index in [2.05, 4.69) is 21.2 Å². The summed E-state index contributed by atoms with van der Waals surface area (Å²) >= 11 is 15.5. The Hall–Kier alpha value is -1.90. The summed E-state index contributed by atoms with van der Waals surface area (Å²) in [5.74, 6) is -0.462. The summed E-state index contributed by atoms with van der Waals surface area (Å²) in [6, 6.07) is 18.3. The fourth-order valence-corrected chi connectivity index (χ4v) is 5.01. The number of amides is 1. The summed E-state index contributed by atoms with van der Waals surface area (Å²) in [7, 11) is -3.98. The highest BCUT2D eigenvalue weighted by molar-refractivity contribution is 9.10. The summed E-state index contributed by atoms with van der Waals surface area (Å²) in [5.41, 5.74) is 2.11. The molecule has 0 aliphatic heterocycles. The van der Waals surface area contributed by atoms with Crippen LogP contribution in [0.25, 0.3) is 0 Å². The van der Waals surface area contributed by atoms with Gasteiger partial charge < -0.3 is 5.32 Å². The minimum absolute atomic E-state index is 0.0733. The van der Waals surface area contributed by atoms with Crippen LogP contribution in [0.1, 0.15) is 11.1 Å². The van der Waals surface area contributed by atoms with E-state index in [1.54, 1.807) is 30.3 Å². The molecular formula is C22H19BrCl2N2O3S. The lowest BCUT2D eigenvalue weighted by molar-refractivity contribution is -0.116. The molecule has 0 bridgehead atoms. The summed E-state index contributed by atoms with van der Waals surface area (Å²) in [5, 5.41) is 3.51. The molecule has 0 aliphatic carbocycles.